The van der Waals surface area contributed by atoms with E-state index in [1.165, 1.54) is 0 Å². The van der Waals surface area contributed by atoms with Crippen LogP contribution in [0.3, 0.4) is 0 Å². The highest BCUT2D eigenvalue weighted by Gasteiger charge is 2.20. The smallest absolute Gasteiger partial charge is 0.360 e. The summed E-state index contributed by atoms with van der Waals surface area (Å²) in [5, 5.41) is 4.94. The molecule has 0 bridgehead atoms. The topological polar surface area (TPSA) is 130 Å². The molecule has 0 aromatic carbocycles. The van der Waals surface area contributed by atoms with Gasteiger partial charge in [0.05, 0.1) is 12.4 Å². The summed E-state index contributed by atoms with van der Waals surface area (Å²) in [6.45, 7) is 4.13. The van der Waals surface area contributed by atoms with Crippen molar-refractivity contribution < 1.29 is 17.9 Å². The lowest BCUT2D eigenvalue weighted by Crippen LogP contribution is -2.18. The average molecular weight is 304 g/mol. The molecule has 0 saturated carbocycles. The average Bonchev–Trinajstić information content (AvgIpc) is 2.65. The van der Waals surface area contributed by atoms with E-state index in [9.17, 15) is 13.2 Å². The number of imidazole rings is 1. The Morgan fingerprint density at radius 1 is 1.40 bits per heavy atom. The second kappa shape index (κ2) is 6.71. The summed E-state index contributed by atoms with van der Waals surface area (Å²) in [6.07, 6.45) is 0.869. The molecule has 9 heteroatoms. The molecule has 0 spiro atoms. The Morgan fingerprint density at radius 3 is 2.55 bits per heavy atom. The third-order valence-electron chi connectivity index (χ3n) is 2.68. The van der Waals surface area contributed by atoms with Crippen LogP contribution in [-0.4, -0.2) is 36.3 Å². The Balaban J connectivity index is 2.92. The van der Waals surface area contributed by atoms with Gasteiger partial charge in [0.2, 0.25) is 10.0 Å². The van der Waals surface area contributed by atoms with Crippen molar-refractivity contribution in [3.05, 3.63) is 11.5 Å². The number of anilines is 1. The molecule has 4 N–H and O–H groups in total. The molecule has 0 aliphatic rings. The van der Waals surface area contributed by atoms with E-state index in [1.807, 2.05) is 6.92 Å². The standard InChI is InChI=1S/C11H20N4O4S/c1-3-8-14-9(11(16)19-4-2)10(12)15(8)6-5-7-20(13,17)18/h3-7,12H2,1-2H3,(H2,13,17,18). The number of nitrogens with zero attached hydrogens (tertiary/aromatic N) is 2. The van der Waals surface area contributed by atoms with Crippen LogP contribution in [0.5, 0.6) is 0 Å². The third kappa shape index (κ3) is 4.20. The number of primary sulfonamides is 1. The zero-order valence-electron chi connectivity index (χ0n) is 11.6. The van der Waals surface area contributed by atoms with E-state index in [2.05, 4.69) is 4.98 Å². The molecule has 114 valence electrons. The Kier molecular flexibility index (Phi) is 5.52. The molecule has 0 radical (unpaired) electrons. The fourth-order valence-electron chi connectivity index (χ4n) is 1.81. The van der Waals surface area contributed by atoms with Gasteiger partial charge in [0.15, 0.2) is 5.69 Å². The maximum atomic E-state index is 11.7. The van der Waals surface area contributed by atoms with Gasteiger partial charge >= 0.3 is 5.97 Å². The van der Waals surface area contributed by atoms with Crippen molar-refractivity contribution in [2.24, 2.45) is 5.14 Å². The lowest BCUT2D eigenvalue weighted by Gasteiger charge is -2.08. The number of aryl methyl sites for hydroxylation is 1. The van der Waals surface area contributed by atoms with Crippen LogP contribution in [0.15, 0.2) is 0 Å². The first kappa shape index (κ1) is 16.4. The van der Waals surface area contributed by atoms with Crippen LogP contribution in [0.25, 0.3) is 0 Å². The number of aromatic nitrogens is 2. The van der Waals surface area contributed by atoms with E-state index >= 15 is 0 Å². The highest BCUT2D eigenvalue weighted by Crippen LogP contribution is 2.17. The second-order valence-corrected chi connectivity index (χ2v) is 5.94. The van der Waals surface area contributed by atoms with Crippen molar-refractivity contribution in [2.75, 3.05) is 18.1 Å². The van der Waals surface area contributed by atoms with Gasteiger partial charge in [-0.2, -0.15) is 0 Å². The molecule has 1 aromatic rings. The first-order chi connectivity index (χ1) is 9.30. The van der Waals surface area contributed by atoms with Crippen LogP contribution < -0.4 is 10.9 Å². The highest BCUT2D eigenvalue weighted by atomic mass is 32.2. The number of nitrogen functional groups attached to an aromatic ring is 1. The zero-order valence-corrected chi connectivity index (χ0v) is 12.4. The fraction of sp³-hybridized carbons (Fsp3) is 0.636. The molecule has 0 aliphatic heterocycles. The predicted molar refractivity (Wildman–Crippen MR) is 74.6 cm³/mol. The van der Waals surface area contributed by atoms with Gasteiger partial charge in [-0.25, -0.2) is 23.3 Å². The molecule has 1 rings (SSSR count). The minimum absolute atomic E-state index is 0.0688. The minimum atomic E-state index is -3.51. The lowest BCUT2D eigenvalue weighted by atomic mass is 10.4. The van der Waals surface area contributed by atoms with Crippen LogP contribution in [0.1, 0.15) is 36.6 Å². The fourth-order valence-corrected chi connectivity index (χ4v) is 2.34. The summed E-state index contributed by atoms with van der Waals surface area (Å²) in [5.41, 5.74) is 5.95. The van der Waals surface area contributed by atoms with E-state index in [-0.39, 0.29) is 23.9 Å². The Bertz CT molecular complexity index is 579. The van der Waals surface area contributed by atoms with E-state index in [0.717, 1.165) is 0 Å². The molecule has 0 atom stereocenters. The van der Waals surface area contributed by atoms with E-state index in [0.29, 0.717) is 25.2 Å². The number of nitrogens with two attached hydrogens (primary N) is 2. The number of ether oxygens (including phenoxy) is 1. The largest absolute Gasteiger partial charge is 0.461 e. The van der Waals surface area contributed by atoms with Gasteiger partial charge in [0.25, 0.3) is 0 Å². The maximum absolute atomic E-state index is 11.7. The Morgan fingerprint density at radius 2 is 2.05 bits per heavy atom. The number of carbonyl (C=O) groups excluding carboxylic acids is 1. The van der Waals surface area contributed by atoms with Crippen molar-refractivity contribution in [3.63, 3.8) is 0 Å². The third-order valence-corrected chi connectivity index (χ3v) is 3.54. The van der Waals surface area contributed by atoms with E-state index < -0.39 is 16.0 Å². The SMILES string of the molecule is CCOC(=O)c1nc(CC)n(CCCS(N)(=O)=O)c1N. The number of rotatable bonds is 7. The van der Waals surface area contributed by atoms with Gasteiger partial charge in [-0.1, -0.05) is 6.92 Å². The monoisotopic (exact) mass is 304 g/mol. The second-order valence-electron chi connectivity index (χ2n) is 4.21. The molecular formula is C11H20N4O4S. The molecule has 0 aliphatic carbocycles. The molecule has 20 heavy (non-hydrogen) atoms. The van der Waals surface area contributed by atoms with Crippen molar-refractivity contribution in [1.29, 1.82) is 0 Å². The van der Waals surface area contributed by atoms with Crippen LogP contribution in [0, 0.1) is 0 Å². The van der Waals surface area contributed by atoms with Crippen molar-refractivity contribution in [3.8, 4) is 0 Å². The van der Waals surface area contributed by atoms with Crippen LogP contribution in [-0.2, 0) is 27.7 Å². The molecule has 1 heterocycles. The number of esters is 1. The summed E-state index contributed by atoms with van der Waals surface area (Å²) in [6, 6.07) is 0. The Labute approximate surface area is 118 Å². The number of hydrogen-bond acceptors (Lipinski definition) is 6. The van der Waals surface area contributed by atoms with Crippen molar-refractivity contribution in [2.45, 2.75) is 33.2 Å². The summed E-state index contributed by atoms with van der Waals surface area (Å²) >= 11 is 0. The van der Waals surface area contributed by atoms with E-state index in [4.69, 9.17) is 15.6 Å². The first-order valence-corrected chi connectivity index (χ1v) is 8.04. The molecule has 1 aromatic heterocycles. The van der Waals surface area contributed by atoms with Crippen LogP contribution in [0.4, 0.5) is 5.82 Å². The molecule has 8 nitrogen and oxygen atoms in total. The first-order valence-electron chi connectivity index (χ1n) is 6.32. The van der Waals surface area contributed by atoms with Gasteiger partial charge in [-0.3, -0.25) is 0 Å². The van der Waals surface area contributed by atoms with Crippen molar-refractivity contribution in [1.82, 2.24) is 9.55 Å². The molecule has 0 saturated heterocycles. The maximum Gasteiger partial charge on any atom is 0.360 e. The number of sulfonamides is 1. The van der Waals surface area contributed by atoms with Crippen LogP contribution >= 0.6 is 0 Å². The summed E-state index contributed by atoms with van der Waals surface area (Å²) in [4.78, 5) is 15.8. The molecule has 0 fully saturated rings. The van der Waals surface area contributed by atoms with Crippen molar-refractivity contribution >= 4 is 21.8 Å². The predicted octanol–water partition coefficient (Wildman–Crippen LogP) is -0.117. The summed E-state index contributed by atoms with van der Waals surface area (Å²) < 4.78 is 28.3. The summed E-state index contributed by atoms with van der Waals surface area (Å²) in [7, 11) is -3.51. The number of hydrogen-bond donors (Lipinski definition) is 2. The quantitative estimate of drug-likeness (QED) is 0.675. The molecule has 0 amide bonds. The summed E-state index contributed by atoms with van der Waals surface area (Å²) in [5.74, 6) is 0.0716. The Hall–Kier alpha value is -1.61. The van der Waals surface area contributed by atoms with Gasteiger partial charge in [0, 0.05) is 13.0 Å². The number of carbonyl (C=O) groups is 1. The van der Waals surface area contributed by atoms with Gasteiger partial charge in [-0.15, -0.1) is 0 Å². The van der Waals surface area contributed by atoms with Crippen LogP contribution in [0.2, 0.25) is 0 Å². The van der Waals surface area contributed by atoms with Gasteiger partial charge in [-0.05, 0) is 13.3 Å². The highest BCUT2D eigenvalue weighted by molar-refractivity contribution is 7.89. The molecule has 0 unspecified atom stereocenters. The van der Waals surface area contributed by atoms with E-state index in [1.54, 1.807) is 11.5 Å². The lowest BCUT2D eigenvalue weighted by molar-refractivity contribution is 0.0521. The zero-order chi connectivity index (χ0) is 15.3. The molecular weight excluding hydrogens is 284 g/mol. The normalized spacial score (nSPS) is 11.6. The van der Waals surface area contributed by atoms with Gasteiger partial charge in [0.1, 0.15) is 11.6 Å². The van der Waals surface area contributed by atoms with Gasteiger partial charge < -0.3 is 15.0 Å². The minimum Gasteiger partial charge on any atom is -0.461 e.